The third-order valence-corrected chi connectivity index (χ3v) is 7.91. The zero-order chi connectivity index (χ0) is 18.2. The average Bonchev–Trinajstić information content (AvgIpc) is 2.85. The predicted molar refractivity (Wildman–Crippen MR) is 94.8 cm³/mol. The highest BCUT2D eigenvalue weighted by atomic mass is 19.1. The first-order chi connectivity index (χ1) is 11.6. The molecule has 0 spiro atoms. The number of nitrogens with zero attached hydrogens (tertiary/aromatic N) is 1. The van der Waals surface area contributed by atoms with E-state index in [0.29, 0.717) is 6.42 Å². The molecular weight excluding hydrogens is 317 g/mol. The first kappa shape index (κ1) is 16.7. The summed E-state index contributed by atoms with van der Waals surface area (Å²) >= 11 is 0. The molecule has 1 aromatic carbocycles. The number of anilines is 1. The Labute approximate surface area is 148 Å². The molecule has 1 amide bonds. The Morgan fingerprint density at radius 1 is 1.24 bits per heavy atom. The second-order valence-corrected chi connectivity index (χ2v) is 8.98. The zero-order valence-electron chi connectivity index (χ0n) is 15.5. The van der Waals surface area contributed by atoms with Gasteiger partial charge in [-0.3, -0.25) is 9.59 Å². The highest BCUT2D eigenvalue weighted by Gasteiger charge is 2.73. The Bertz CT molecular complexity index is 786. The van der Waals surface area contributed by atoms with Gasteiger partial charge in [0, 0.05) is 23.6 Å². The molecular formula is C21H26FNO2. The van der Waals surface area contributed by atoms with E-state index in [1.165, 1.54) is 6.07 Å². The smallest absolute Gasteiger partial charge is 0.234 e. The maximum absolute atomic E-state index is 13.8. The number of benzene rings is 1. The monoisotopic (exact) mass is 343 g/mol. The van der Waals surface area contributed by atoms with Crippen LogP contribution in [0.3, 0.4) is 0 Å². The van der Waals surface area contributed by atoms with Crippen molar-refractivity contribution in [1.29, 1.82) is 0 Å². The van der Waals surface area contributed by atoms with Gasteiger partial charge < -0.3 is 4.90 Å². The largest absolute Gasteiger partial charge is 0.309 e. The second-order valence-electron chi connectivity index (χ2n) is 8.98. The molecule has 0 unspecified atom stereocenters. The molecule has 2 bridgehead atoms. The molecule has 3 aliphatic rings. The van der Waals surface area contributed by atoms with Crippen LogP contribution in [0.25, 0.3) is 0 Å². The summed E-state index contributed by atoms with van der Waals surface area (Å²) in [6.07, 6.45) is 3.49. The Kier molecular flexibility index (Phi) is 3.30. The van der Waals surface area contributed by atoms with Crippen molar-refractivity contribution in [3.05, 3.63) is 29.6 Å². The number of carbonyl (C=O) groups is 2. The first-order valence-corrected chi connectivity index (χ1v) is 9.29. The van der Waals surface area contributed by atoms with Crippen LogP contribution in [0.1, 0.15) is 58.9 Å². The molecule has 2 saturated carbocycles. The zero-order valence-corrected chi connectivity index (χ0v) is 15.5. The molecule has 0 radical (unpaired) electrons. The van der Waals surface area contributed by atoms with Crippen molar-refractivity contribution >= 4 is 17.4 Å². The van der Waals surface area contributed by atoms with Gasteiger partial charge in [-0.2, -0.15) is 0 Å². The van der Waals surface area contributed by atoms with Crippen LogP contribution in [0.4, 0.5) is 10.1 Å². The van der Waals surface area contributed by atoms with Crippen molar-refractivity contribution in [2.24, 2.45) is 16.2 Å². The number of carbonyl (C=O) groups excluding carboxylic acids is 2. The van der Waals surface area contributed by atoms with Crippen molar-refractivity contribution < 1.29 is 14.0 Å². The predicted octanol–water partition coefficient (Wildman–Crippen LogP) is 4.28. The van der Waals surface area contributed by atoms with E-state index in [2.05, 4.69) is 20.8 Å². The van der Waals surface area contributed by atoms with Crippen LogP contribution in [-0.2, 0) is 16.0 Å². The molecule has 2 fully saturated rings. The lowest BCUT2D eigenvalue weighted by molar-refractivity contribution is -0.134. The quantitative estimate of drug-likeness (QED) is 0.763. The van der Waals surface area contributed by atoms with Gasteiger partial charge in [-0.1, -0.05) is 20.8 Å². The molecule has 3 atom stereocenters. The highest BCUT2D eigenvalue weighted by molar-refractivity contribution is 6.06. The maximum atomic E-state index is 13.8. The van der Waals surface area contributed by atoms with Gasteiger partial charge in [0.15, 0.2) is 0 Å². The van der Waals surface area contributed by atoms with E-state index in [9.17, 15) is 14.0 Å². The standard InChI is InChI=1S/C21H26FNO2/c1-13-5-6-14-11-15(22)7-8-16(14)23(13)18(25)21-10-9-20(4,17(24)12-21)19(21,2)3/h7-8,11,13H,5-6,9-10,12H2,1-4H3/t13-,20+,21-/m1/s1. The van der Waals surface area contributed by atoms with Crippen molar-refractivity contribution in [2.45, 2.75) is 65.8 Å². The third-order valence-electron chi connectivity index (χ3n) is 7.91. The van der Waals surface area contributed by atoms with E-state index >= 15 is 0 Å². The Balaban J connectivity index is 1.81. The van der Waals surface area contributed by atoms with Gasteiger partial charge in [0.05, 0.1) is 5.41 Å². The fraction of sp³-hybridized carbons (Fsp3) is 0.619. The molecule has 1 heterocycles. The molecule has 4 heteroatoms. The minimum atomic E-state index is -0.629. The molecule has 25 heavy (non-hydrogen) atoms. The summed E-state index contributed by atoms with van der Waals surface area (Å²) in [6.45, 7) is 8.26. The van der Waals surface area contributed by atoms with Crippen LogP contribution in [0.2, 0.25) is 0 Å². The van der Waals surface area contributed by atoms with Gasteiger partial charge in [-0.25, -0.2) is 4.39 Å². The fourth-order valence-corrected chi connectivity index (χ4v) is 5.59. The number of fused-ring (bicyclic) bond motifs is 3. The minimum absolute atomic E-state index is 0.0622. The number of Topliss-reactive ketones (excluding diaryl/α,β-unsaturated/α-hetero) is 1. The van der Waals surface area contributed by atoms with Gasteiger partial charge in [0.1, 0.15) is 11.6 Å². The van der Waals surface area contributed by atoms with Crippen LogP contribution in [0.5, 0.6) is 0 Å². The summed E-state index contributed by atoms with van der Waals surface area (Å²) in [5.74, 6) is 0.0249. The van der Waals surface area contributed by atoms with Crippen LogP contribution >= 0.6 is 0 Å². The van der Waals surface area contributed by atoms with Gasteiger partial charge in [-0.05, 0) is 61.8 Å². The van der Waals surface area contributed by atoms with Gasteiger partial charge in [0.2, 0.25) is 5.91 Å². The van der Waals surface area contributed by atoms with Gasteiger partial charge in [-0.15, -0.1) is 0 Å². The van der Waals surface area contributed by atoms with Crippen LogP contribution in [0.15, 0.2) is 18.2 Å². The lowest BCUT2D eigenvalue weighted by atomic mass is 9.64. The third kappa shape index (κ3) is 1.86. The fourth-order valence-electron chi connectivity index (χ4n) is 5.59. The number of amides is 1. The normalized spacial score (nSPS) is 35.8. The topological polar surface area (TPSA) is 37.4 Å². The van der Waals surface area contributed by atoms with Crippen LogP contribution in [-0.4, -0.2) is 17.7 Å². The summed E-state index contributed by atoms with van der Waals surface area (Å²) in [6, 6.07) is 4.77. The molecule has 0 N–H and O–H groups in total. The Morgan fingerprint density at radius 3 is 2.56 bits per heavy atom. The number of aryl methyl sites for hydroxylation is 1. The van der Waals surface area contributed by atoms with E-state index in [-0.39, 0.29) is 29.0 Å². The molecule has 1 aliphatic heterocycles. The van der Waals surface area contributed by atoms with Crippen molar-refractivity contribution in [3.63, 3.8) is 0 Å². The first-order valence-electron chi connectivity index (χ1n) is 9.29. The molecule has 134 valence electrons. The van der Waals surface area contributed by atoms with Crippen molar-refractivity contribution in [3.8, 4) is 0 Å². The summed E-state index contributed by atoms with van der Waals surface area (Å²) in [4.78, 5) is 28.4. The Morgan fingerprint density at radius 2 is 1.96 bits per heavy atom. The highest BCUT2D eigenvalue weighted by Crippen LogP contribution is 2.71. The van der Waals surface area contributed by atoms with Crippen molar-refractivity contribution in [2.75, 3.05) is 4.90 Å². The lowest BCUT2D eigenvalue weighted by Crippen LogP contribution is -2.53. The summed E-state index contributed by atoms with van der Waals surface area (Å²) in [5, 5.41) is 0. The molecule has 4 rings (SSSR count). The van der Waals surface area contributed by atoms with E-state index in [0.717, 1.165) is 36.9 Å². The number of hydrogen-bond donors (Lipinski definition) is 0. The molecule has 0 saturated heterocycles. The SMILES string of the molecule is C[C@@H]1CCc2cc(F)ccc2N1C(=O)[C@@]12CC[C@@](C)(C(=O)C1)C2(C)C. The number of hydrogen-bond acceptors (Lipinski definition) is 2. The number of rotatable bonds is 1. The number of halogens is 1. The lowest BCUT2D eigenvalue weighted by Gasteiger charge is -2.45. The van der Waals surface area contributed by atoms with Crippen LogP contribution < -0.4 is 4.90 Å². The molecule has 0 aromatic heterocycles. The van der Waals surface area contributed by atoms with E-state index < -0.39 is 10.8 Å². The molecule has 2 aliphatic carbocycles. The average molecular weight is 343 g/mol. The van der Waals surface area contributed by atoms with Crippen LogP contribution in [0, 0.1) is 22.1 Å². The maximum Gasteiger partial charge on any atom is 0.234 e. The number of ketones is 1. The Hall–Kier alpha value is -1.71. The van der Waals surface area contributed by atoms with E-state index in [4.69, 9.17) is 0 Å². The summed E-state index contributed by atoms with van der Waals surface area (Å²) in [5.41, 5.74) is 0.323. The molecule has 3 nitrogen and oxygen atoms in total. The van der Waals surface area contributed by atoms with E-state index in [1.54, 1.807) is 12.1 Å². The summed E-state index contributed by atoms with van der Waals surface area (Å²) < 4.78 is 13.6. The molecule has 1 aromatic rings. The van der Waals surface area contributed by atoms with E-state index in [1.807, 2.05) is 11.8 Å². The minimum Gasteiger partial charge on any atom is -0.309 e. The van der Waals surface area contributed by atoms with Gasteiger partial charge in [0.25, 0.3) is 0 Å². The van der Waals surface area contributed by atoms with Crippen molar-refractivity contribution in [1.82, 2.24) is 0 Å². The summed E-state index contributed by atoms with van der Waals surface area (Å²) in [7, 11) is 0. The van der Waals surface area contributed by atoms with Gasteiger partial charge >= 0.3 is 0 Å². The second kappa shape index (κ2) is 4.93.